The third-order valence-corrected chi connectivity index (χ3v) is 4.82. The molecule has 0 unspecified atom stereocenters. The Bertz CT molecular complexity index is 602. The molecule has 8 heteroatoms. The minimum atomic E-state index is -0.624. The summed E-state index contributed by atoms with van der Waals surface area (Å²) in [6.07, 6.45) is 1.33. The van der Waals surface area contributed by atoms with Crippen LogP contribution in [0.15, 0.2) is 24.3 Å². The lowest BCUT2D eigenvalue weighted by atomic mass is 9.82. The number of hydrogen-bond acceptors (Lipinski definition) is 4. The number of nitrogens with one attached hydrogen (secondary N) is 2. The molecule has 6 nitrogen and oxygen atoms in total. The number of hydrogen-bond donors (Lipinski definition) is 3. The summed E-state index contributed by atoms with van der Waals surface area (Å²) in [5.74, 6) is -0.558. The average molecular weight is 404 g/mol. The molecular weight excluding hydrogens is 377 g/mol. The molecule has 0 radical (unpaired) electrons. The van der Waals surface area contributed by atoms with E-state index in [1.807, 2.05) is 38.1 Å². The first-order valence-electron chi connectivity index (χ1n) is 8.52. The van der Waals surface area contributed by atoms with E-state index in [1.165, 1.54) is 0 Å². The molecule has 1 aromatic carbocycles. The summed E-state index contributed by atoms with van der Waals surface area (Å²) in [5.41, 5.74) is 6.26. The molecule has 2 rings (SSSR count). The van der Waals surface area contributed by atoms with Crippen LogP contribution >= 0.6 is 24.0 Å². The van der Waals surface area contributed by atoms with Crippen molar-refractivity contribution in [3.8, 4) is 0 Å². The van der Waals surface area contributed by atoms with Crippen LogP contribution in [0.5, 0.6) is 0 Å². The van der Waals surface area contributed by atoms with Gasteiger partial charge in [0, 0.05) is 18.2 Å². The fourth-order valence-corrected chi connectivity index (χ4v) is 3.00. The number of rotatable bonds is 6. The fourth-order valence-electron chi connectivity index (χ4n) is 2.87. The van der Waals surface area contributed by atoms with Gasteiger partial charge in [0.05, 0.1) is 18.1 Å². The van der Waals surface area contributed by atoms with Gasteiger partial charge in [-0.3, -0.25) is 9.59 Å². The molecule has 1 aliphatic rings. The van der Waals surface area contributed by atoms with Gasteiger partial charge in [-0.05, 0) is 36.5 Å². The lowest BCUT2D eigenvalue weighted by Gasteiger charge is -2.38. The van der Waals surface area contributed by atoms with Crippen molar-refractivity contribution in [2.24, 2.45) is 11.7 Å². The summed E-state index contributed by atoms with van der Waals surface area (Å²) in [6, 6.07) is 6.83. The highest BCUT2D eigenvalue weighted by Crippen LogP contribution is 2.32. The van der Waals surface area contributed by atoms with E-state index < -0.39 is 11.6 Å². The van der Waals surface area contributed by atoms with E-state index in [4.69, 9.17) is 22.1 Å². The summed E-state index contributed by atoms with van der Waals surface area (Å²) < 4.78 is 5.44. The standard InChI is InChI=1S/C18H26ClN3O3.ClH/c1-12(2)16(20)17(24)21-11-15(23)22-18(7-9-25-10-8-18)13-3-5-14(19)6-4-13;/h3-6,12,16H,7-11,20H2,1-2H3,(H,21,24)(H,22,23);1H/t16-;/m0./s1. The molecule has 146 valence electrons. The van der Waals surface area contributed by atoms with Gasteiger partial charge in [0.1, 0.15) is 0 Å². The largest absolute Gasteiger partial charge is 0.381 e. The zero-order valence-corrected chi connectivity index (χ0v) is 16.7. The van der Waals surface area contributed by atoms with Gasteiger partial charge in [0.15, 0.2) is 0 Å². The summed E-state index contributed by atoms with van der Waals surface area (Å²) in [4.78, 5) is 24.3. The van der Waals surface area contributed by atoms with Gasteiger partial charge in [-0.25, -0.2) is 0 Å². The molecule has 1 heterocycles. The average Bonchev–Trinajstić information content (AvgIpc) is 2.60. The Morgan fingerprint density at radius 2 is 1.81 bits per heavy atom. The first kappa shape index (κ1) is 22.7. The number of carbonyl (C=O) groups is 2. The third-order valence-electron chi connectivity index (χ3n) is 4.57. The maximum Gasteiger partial charge on any atom is 0.240 e. The predicted octanol–water partition coefficient (Wildman–Crippen LogP) is 1.98. The van der Waals surface area contributed by atoms with E-state index in [0.717, 1.165) is 5.56 Å². The minimum absolute atomic E-state index is 0. The van der Waals surface area contributed by atoms with Gasteiger partial charge in [0.25, 0.3) is 0 Å². The van der Waals surface area contributed by atoms with Crippen LogP contribution in [0.25, 0.3) is 0 Å². The van der Waals surface area contributed by atoms with Gasteiger partial charge < -0.3 is 21.1 Å². The fraction of sp³-hybridized carbons (Fsp3) is 0.556. The van der Waals surface area contributed by atoms with Crippen LogP contribution in [0.2, 0.25) is 5.02 Å². The summed E-state index contributed by atoms with van der Waals surface area (Å²) >= 11 is 5.97. The Kier molecular flexibility index (Phi) is 8.83. The molecule has 0 aromatic heterocycles. The molecule has 1 aromatic rings. The molecule has 1 saturated heterocycles. The topological polar surface area (TPSA) is 93.5 Å². The highest BCUT2D eigenvalue weighted by Gasteiger charge is 2.36. The molecule has 0 aliphatic carbocycles. The number of carbonyl (C=O) groups excluding carboxylic acids is 2. The van der Waals surface area contributed by atoms with Crippen molar-refractivity contribution in [1.29, 1.82) is 0 Å². The highest BCUT2D eigenvalue weighted by atomic mass is 35.5. The van der Waals surface area contributed by atoms with Crippen molar-refractivity contribution >= 4 is 35.8 Å². The molecular formula is C18H27Cl2N3O3. The van der Waals surface area contributed by atoms with Crippen molar-refractivity contribution in [3.63, 3.8) is 0 Å². The van der Waals surface area contributed by atoms with Crippen molar-refractivity contribution in [1.82, 2.24) is 10.6 Å². The first-order valence-corrected chi connectivity index (χ1v) is 8.90. The van der Waals surface area contributed by atoms with Gasteiger partial charge in [0.2, 0.25) is 11.8 Å². The molecule has 1 aliphatic heterocycles. The monoisotopic (exact) mass is 403 g/mol. The Morgan fingerprint density at radius 1 is 1.23 bits per heavy atom. The van der Waals surface area contributed by atoms with Crippen LogP contribution in [0.4, 0.5) is 0 Å². The molecule has 4 N–H and O–H groups in total. The summed E-state index contributed by atoms with van der Waals surface area (Å²) in [5, 5.41) is 6.32. The lowest BCUT2D eigenvalue weighted by Crippen LogP contribution is -2.53. The van der Waals surface area contributed by atoms with Crippen LogP contribution < -0.4 is 16.4 Å². The Hall–Kier alpha value is -1.34. The number of amides is 2. The van der Waals surface area contributed by atoms with Crippen LogP contribution in [0.1, 0.15) is 32.3 Å². The van der Waals surface area contributed by atoms with Gasteiger partial charge >= 0.3 is 0 Å². The van der Waals surface area contributed by atoms with Crippen LogP contribution in [-0.4, -0.2) is 37.6 Å². The van der Waals surface area contributed by atoms with E-state index >= 15 is 0 Å². The number of ether oxygens (including phenoxy) is 1. The molecule has 0 spiro atoms. The first-order chi connectivity index (χ1) is 11.8. The van der Waals surface area contributed by atoms with E-state index in [0.29, 0.717) is 31.1 Å². The molecule has 26 heavy (non-hydrogen) atoms. The SMILES string of the molecule is CC(C)[C@H](N)C(=O)NCC(=O)NC1(c2ccc(Cl)cc2)CCOCC1.Cl. The smallest absolute Gasteiger partial charge is 0.240 e. The second-order valence-corrected chi connectivity index (χ2v) is 7.17. The van der Waals surface area contributed by atoms with Crippen molar-refractivity contribution in [2.45, 2.75) is 38.3 Å². The predicted molar refractivity (Wildman–Crippen MR) is 104 cm³/mol. The normalized spacial score (nSPS) is 17.1. The third kappa shape index (κ3) is 5.84. The van der Waals surface area contributed by atoms with Crippen LogP contribution in [0, 0.1) is 5.92 Å². The number of halogens is 2. The van der Waals surface area contributed by atoms with E-state index in [9.17, 15) is 9.59 Å². The van der Waals surface area contributed by atoms with Crippen LogP contribution in [0.3, 0.4) is 0 Å². The molecule has 2 amide bonds. The van der Waals surface area contributed by atoms with Crippen molar-refractivity contribution < 1.29 is 14.3 Å². The number of benzene rings is 1. The van der Waals surface area contributed by atoms with Gasteiger partial charge in [-0.1, -0.05) is 37.6 Å². The highest BCUT2D eigenvalue weighted by molar-refractivity contribution is 6.30. The van der Waals surface area contributed by atoms with E-state index in [1.54, 1.807) is 0 Å². The van der Waals surface area contributed by atoms with Gasteiger partial charge in [-0.15, -0.1) is 12.4 Å². The van der Waals surface area contributed by atoms with Crippen LogP contribution in [-0.2, 0) is 19.9 Å². The van der Waals surface area contributed by atoms with Crippen molar-refractivity contribution in [2.75, 3.05) is 19.8 Å². The van der Waals surface area contributed by atoms with E-state index in [2.05, 4.69) is 10.6 Å². The molecule has 0 bridgehead atoms. The lowest BCUT2D eigenvalue weighted by molar-refractivity contribution is -0.129. The maximum atomic E-state index is 12.4. The van der Waals surface area contributed by atoms with Crippen molar-refractivity contribution in [3.05, 3.63) is 34.9 Å². The second kappa shape index (κ2) is 10.1. The Balaban J connectivity index is 0.00000338. The Morgan fingerprint density at radius 3 is 2.35 bits per heavy atom. The summed E-state index contributed by atoms with van der Waals surface area (Å²) in [6.45, 7) is 4.75. The second-order valence-electron chi connectivity index (χ2n) is 6.74. The summed E-state index contributed by atoms with van der Waals surface area (Å²) in [7, 11) is 0. The van der Waals surface area contributed by atoms with E-state index in [-0.39, 0.29) is 36.7 Å². The quantitative estimate of drug-likeness (QED) is 0.676. The maximum absolute atomic E-state index is 12.4. The molecule has 0 saturated carbocycles. The molecule has 1 atom stereocenters. The minimum Gasteiger partial charge on any atom is -0.381 e. The van der Waals surface area contributed by atoms with Gasteiger partial charge in [-0.2, -0.15) is 0 Å². The number of nitrogens with two attached hydrogens (primary N) is 1. The molecule has 1 fully saturated rings. The zero-order valence-electron chi connectivity index (χ0n) is 15.1. The zero-order chi connectivity index (χ0) is 18.4. The Labute approximate surface area is 165 Å².